The van der Waals surface area contributed by atoms with Crippen molar-refractivity contribution in [1.82, 2.24) is 10.6 Å². The van der Waals surface area contributed by atoms with Gasteiger partial charge in [0.2, 0.25) is 11.8 Å². The zero-order valence-corrected chi connectivity index (χ0v) is 18.8. The summed E-state index contributed by atoms with van der Waals surface area (Å²) in [6, 6.07) is 6.20. The lowest BCUT2D eigenvalue weighted by Crippen LogP contribution is -2.55. The molecule has 0 aromatic heterocycles. The van der Waals surface area contributed by atoms with Crippen molar-refractivity contribution in [2.45, 2.75) is 63.6 Å². The molecule has 1 aromatic carbocycles. The molecule has 8 nitrogen and oxygen atoms in total. The highest BCUT2D eigenvalue weighted by Gasteiger charge is 2.54. The molecule has 1 aromatic rings. The summed E-state index contributed by atoms with van der Waals surface area (Å²) in [6.07, 6.45) is 3.27. The fourth-order valence-electron chi connectivity index (χ4n) is 4.35. The molecule has 1 fully saturated rings. The van der Waals surface area contributed by atoms with Gasteiger partial charge in [-0.2, -0.15) is 0 Å². The summed E-state index contributed by atoms with van der Waals surface area (Å²) in [4.78, 5) is 38.1. The number of epoxide rings is 1. The number of amides is 2. The Morgan fingerprint density at radius 3 is 2.41 bits per heavy atom. The van der Waals surface area contributed by atoms with Gasteiger partial charge in [-0.1, -0.05) is 38.1 Å². The topological polar surface area (TPSA) is 128 Å². The largest absolute Gasteiger partial charge is 0.394 e. The molecule has 2 amide bonds. The van der Waals surface area contributed by atoms with Gasteiger partial charge in [0, 0.05) is 6.42 Å². The van der Waals surface area contributed by atoms with Crippen molar-refractivity contribution in [3.63, 3.8) is 0 Å². The van der Waals surface area contributed by atoms with Crippen LogP contribution in [0.15, 0.2) is 24.3 Å². The van der Waals surface area contributed by atoms with Gasteiger partial charge in [0.05, 0.1) is 25.9 Å². The van der Waals surface area contributed by atoms with E-state index < -0.39 is 36.8 Å². The molecule has 176 valence electrons. The molecule has 1 saturated heterocycles. The number of hydrogen-bond acceptors (Lipinski definition) is 6. The van der Waals surface area contributed by atoms with Crippen LogP contribution in [0, 0.1) is 11.8 Å². The molecule has 1 aliphatic carbocycles. The van der Waals surface area contributed by atoms with Gasteiger partial charge in [-0.3, -0.25) is 14.4 Å². The fourth-order valence-corrected chi connectivity index (χ4v) is 4.35. The van der Waals surface area contributed by atoms with Crippen LogP contribution in [0.3, 0.4) is 0 Å². The molecule has 0 spiro atoms. The molecule has 0 radical (unpaired) electrons. The van der Waals surface area contributed by atoms with Crippen molar-refractivity contribution < 1.29 is 29.3 Å². The Bertz CT molecular complexity index is 836. The molecule has 1 aliphatic heterocycles. The molecule has 1 heterocycles. The quantitative estimate of drug-likeness (QED) is 0.367. The normalized spacial score (nSPS) is 23.7. The van der Waals surface area contributed by atoms with Crippen molar-refractivity contribution >= 4 is 17.6 Å². The van der Waals surface area contributed by atoms with Crippen LogP contribution in [0.1, 0.15) is 44.2 Å². The Balaban J connectivity index is 1.56. The van der Waals surface area contributed by atoms with Crippen molar-refractivity contribution in [2.75, 3.05) is 19.8 Å². The minimum absolute atomic E-state index is 0.107. The van der Waals surface area contributed by atoms with E-state index in [2.05, 4.69) is 22.8 Å². The predicted molar refractivity (Wildman–Crippen MR) is 118 cm³/mol. The number of carbonyl (C=O) groups is 3. The smallest absolute Gasteiger partial charge is 0.245 e. The highest BCUT2D eigenvalue weighted by molar-refractivity contribution is 5.98. The van der Waals surface area contributed by atoms with E-state index in [1.807, 2.05) is 26.0 Å². The number of Topliss-reactive ketones (excluding diaryl/α,β-unsaturated/α-hetero) is 1. The average molecular weight is 447 g/mol. The molecule has 8 heteroatoms. The standard InChI is InChI=1S/C24H34N2O6/c1-15(2)9-19(22(30)24(13-28)14-32-24)26-23(31)20(12-27)25-21(29)11-16-7-8-17-5-3-4-6-18(17)10-16/h3-6,15-16,19-20,27-28H,7-14H2,1-2H3,(H,25,29)(H,26,31). The van der Waals surface area contributed by atoms with Crippen molar-refractivity contribution in [2.24, 2.45) is 11.8 Å². The number of ketones is 1. The number of carbonyl (C=O) groups excluding carboxylic acids is 3. The van der Waals surface area contributed by atoms with Gasteiger partial charge in [0.25, 0.3) is 0 Å². The van der Waals surface area contributed by atoms with E-state index in [4.69, 9.17) is 4.74 Å². The van der Waals surface area contributed by atoms with E-state index >= 15 is 0 Å². The SMILES string of the molecule is CC(C)CC(NC(=O)C(CO)NC(=O)CC1CCc2ccccc2C1)C(=O)C1(CO)CO1. The second-order valence-corrected chi connectivity index (χ2v) is 9.38. The van der Waals surface area contributed by atoms with Crippen LogP contribution >= 0.6 is 0 Å². The van der Waals surface area contributed by atoms with E-state index in [0.29, 0.717) is 6.42 Å². The molecular weight excluding hydrogens is 412 g/mol. The highest BCUT2D eigenvalue weighted by atomic mass is 16.6. The molecule has 2 aliphatic rings. The Morgan fingerprint density at radius 2 is 1.81 bits per heavy atom. The van der Waals surface area contributed by atoms with Gasteiger partial charge in [-0.25, -0.2) is 0 Å². The van der Waals surface area contributed by atoms with E-state index in [-0.39, 0.29) is 36.6 Å². The predicted octanol–water partition coefficient (Wildman–Crippen LogP) is 0.520. The van der Waals surface area contributed by atoms with E-state index in [0.717, 1.165) is 19.3 Å². The van der Waals surface area contributed by atoms with Gasteiger partial charge in [-0.15, -0.1) is 0 Å². The molecule has 4 unspecified atom stereocenters. The molecule has 4 N–H and O–H groups in total. The Hall–Kier alpha value is -2.29. The summed E-state index contributed by atoms with van der Waals surface area (Å²) in [7, 11) is 0. The third-order valence-corrected chi connectivity index (χ3v) is 6.29. The monoisotopic (exact) mass is 446 g/mol. The molecule has 32 heavy (non-hydrogen) atoms. The van der Waals surface area contributed by atoms with E-state index in [1.165, 1.54) is 11.1 Å². The number of benzene rings is 1. The van der Waals surface area contributed by atoms with Gasteiger partial charge in [0.1, 0.15) is 6.04 Å². The second-order valence-electron chi connectivity index (χ2n) is 9.38. The first kappa shape index (κ1) is 24.4. The average Bonchev–Trinajstić information content (AvgIpc) is 3.57. The first-order chi connectivity index (χ1) is 15.3. The van der Waals surface area contributed by atoms with Crippen LogP contribution in [0.2, 0.25) is 0 Å². The van der Waals surface area contributed by atoms with Crippen LogP contribution in [-0.2, 0) is 32.0 Å². The zero-order valence-electron chi connectivity index (χ0n) is 18.8. The van der Waals surface area contributed by atoms with Crippen LogP contribution in [0.5, 0.6) is 0 Å². The molecule has 0 bridgehead atoms. The van der Waals surface area contributed by atoms with E-state index in [1.54, 1.807) is 0 Å². The third-order valence-electron chi connectivity index (χ3n) is 6.29. The molecule has 4 atom stereocenters. The summed E-state index contributed by atoms with van der Waals surface area (Å²) in [5.74, 6) is -1.02. The minimum Gasteiger partial charge on any atom is -0.394 e. The lowest BCUT2D eigenvalue weighted by molar-refractivity contribution is -0.135. The maximum atomic E-state index is 12.8. The van der Waals surface area contributed by atoms with Crippen LogP contribution < -0.4 is 10.6 Å². The van der Waals surface area contributed by atoms with E-state index in [9.17, 15) is 24.6 Å². The first-order valence-corrected chi connectivity index (χ1v) is 11.3. The highest BCUT2D eigenvalue weighted by Crippen LogP contribution is 2.30. The number of aliphatic hydroxyl groups excluding tert-OH is 2. The maximum absolute atomic E-state index is 12.8. The van der Waals surface area contributed by atoms with Crippen molar-refractivity contribution in [3.05, 3.63) is 35.4 Å². The number of rotatable bonds is 11. The molecular formula is C24H34N2O6. The third kappa shape index (κ3) is 5.94. The van der Waals surface area contributed by atoms with Gasteiger partial charge < -0.3 is 25.6 Å². The fraction of sp³-hybridized carbons (Fsp3) is 0.625. The summed E-state index contributed by atoms with van der Waals surface area (Å²) < 4.78 is 5.14. The van der Waals surface area contributed by atoms with Crippen molar-refractivity contribution in [3.8, 4) is 0 Å². The molecule has 3 rings (SSSR count). The Kier molecular flexibility index (Phi) is 8.03. The minimum atomic E-state index is -1.25. The molecule has 0 saturated carbocycles. The number of fused-ring (bicyclic) bond motifs is 1. The van der Waals surface area contributed by atoms with Gasteiger partial charge in [0.15, 0.2) is 11.4 Å². The summed E-state index contributed by atoms with van der Waals surface area (Å²) >= 11 is 0. The number of aryl methyl sites for hydroxylation is 1. The lowest BCUT2D eigenvalue weighted by Gasteiger charge is -2.26. The Labute approximate surface area is 188 Å². The summed E-state index contributed by atoms with van der Waals surface area (Å²) in [6.45, 7) is 2.94. The number of nitrogens with one attached hydrogen (secondary N) is 2. The Morgan fingerprint density at radius 1 is 1.12 bits per heavy atom. The summed E-state index contributed by atoms with van der Waals surface area (Å²) in [5.41, 5.74) is 1.32. The van der Waals surface area contributed by atoms with Crippen LogP contribution in [0.25, 0.3) is 0 Å². The lowest BCUT2D eigenvalue weighted by atomic mass is 9.82. The van der Waals surface area contributed by atoms with Gasteiger partial charge >= 0.3 is 0 Å². The van der Waals surface area contributed by atoms with Crippen LogP contribution in [0.4, 0.5) is 0 Å². The number of hydrogen-bond donors (Lipinski definition) is 4. The summed E-state index contributed by atoms with van der Waals surface area (Å²) in [5, 5.41) is 24.4. The van der Waals surface area contributed by atoms with Crippen LogP contribution in [-0.4, -0.2) is 65.3 Å². The number of ether oxygens (including phenoxy) is 1. The van der Waals surface area contributed by atoms with Gasteiger partial charge in [-0.05, 0) is 48.6 Å². The first-order valence-electron chi connectivity index (χ1n) is 11.3. The zero-order chi connectivity index (χ0) is 23.3. The maximum Gasteiger partial charge on any atom is 0.245 e. The number of aliphatic hydroxyl groups is 2. The second kappa shape index (κ2) is 10.6. The van der Waals surface area contributed by atoms with Crippen molar-refractivity contribution in [1.29, 1.82) is 0 Å².